The first-order valence-corrected chi connectivity index (χ1v) is 9.30. The number of nitrogens with one attached hydrogen (secondary N) is 1. The van der Waals surface area contributed by atoms with Crippen LogP contribution in [0, 0.1) is 5.82 Å². The Morgan fingerprint density at radius 1 is 1.29 bits per heavy atom. The molecule has 7 nitrogen and oxygen atoms in total. The third-order valence-corrected chi connectivity index (χ3v) is 6.43. The molecular weight excluding hydrogens is 361 g/mol. The first-order valence-electron chi connectivity index (χ1n) is 7.48. The van der Waals surface area contributed by atoms with Gasteiger partial charge in [0.25, 0.3) is 0 Å². The van der Waals surface area contributed by atoms with Gasteiger partial charge in [-0.2, -0.15) is 4.31 Å². The van der Waals surface area contributed by atoms with E-state index in [1.165, 1.54) is 10.4 Å². The largest absolute Gasteiger partial charge is 0.443 e. The van der Waals surface area contributed by atoms with Crippen LogP contribution in [-0.2, 0) is 14.8 Å². The van der Waals surface area contributed by atoms with E-state index in [4.69, 9.17) is 16.3 Å². The van der Waals surface area contributed by atoms with Crippen molar-refractivity contribution in [2.24, 2.45) is 0 Å². The van der Waals surface area contributed by atoms with E-state index in [0.29, 0.717) is 39.3 Å². The van der Waals surface area contributed by atoms with Crippen molar-refractivity contribution < 1.29 is 22.3 Å². The Balaban J connectivity index is 1.62. The lowest BCUT2D eigenvalue weighted by atomic mass is 10.3. The zero-order valence-electron chi connectivity index (χ0n) is 12.7. The Kier molecular flexibility index (Phi) is 4.95. The van der Waals surface area contributed by atoms with Crippen LogP contribution >= 0.6 is 11.6 Å². The molecule has 2 heterocycles. The maximum absolute atomic E-state index is 13.1. The molecule has 24 heavy (non-hydrogen) atoms. The van der Waals surface area contributed by atoms with Gasteiger partial charge in [-0.15, -0.1) is 0 Å². The molecule has 10 heteroatoms. The van der Waals surface area contributed by atoms with Crippen LogP contribution < -0.4 is 5.32 Å². The van der Waals surface area contributed by atoms with Gasteiger partial charge in [0, 0.05) is 32.7 Å². The maximum atomic E-state index is 13.1. The lowest BCUT2D eigenvalue weighted by Crippen LogP contribution is -2.50. The molecule has 0 aromatic heterocycles. The molecule has 0 radical (unpaired) electrons. The molecule has 132 valence electrons. The van der Waals surface area contributed by atoms with Gasteiger partial charge in [0.15, 0.2) is 0 Å². The lowest BCUT2D eigenvalue weighted by Gasteiger charge is -2.34. The van der Waals surface area contributed by atoms with Crippen LogP contribution in [0.2, 0.25) is 5.02 Å². The van der Waals surface area contributed by atoms with Crippen LogP contribution in [0.3, 0.4) is 0 Å². The molecule has 1 unspecified atom stereocenters. The Hall–Kier alpha value is -1.42. The Labute approximate surface area is 144 Å². The van der Waals surface area contributed by atoms with Crippen LogP contribution in [0.25, 0.3) is 0 Å². The monoisotopic (exact) mass is 377 g/mol. The lowest BCUT2D eigenvalue weighted by molar-refractivity contribution is 0.0936. The summed E-state index contributed by atoms with van der Waals surface area (Å²) in [6, 6.07) is 3.26. The van der Waals surface area contributed by atoms with E-state index in [1.807, 2.05) is 4.90 Å². The molecule has 1 amide bonds. The van der Waals surface area contributed by atoms with Gasteiger partial charge >= 0.3 is 6.09 Å². The van der Waals surface area contributed by atoms with Crippen molar-refractivity contribution in [2.75, 3.05) is 39.3 Å². The number of alkyl carbamates (subject to hydrolysis) is 1. The number of halogens is 2. The van der Waals surface area contributed by atoms with Crippen LogP contribution in [0.4, 0.5) is 9.18 Å². The molecule has 1 aromatic rings. The summed E-state index contributed by atoms with van der Waals surface area (Å²) in [5, 5.41) is 2.46. The summed E-state index contributed by atoms with van der Waals surface area (Å²) in [5.41, 5.74) is 0. The van der Waals surface area contributed by atoms with Gasteiger partial charge < -0.3 is 10.1 Å². The average molecular weight is 378 g/mol. The molecule has 3 rings (SSSR count). The number of cyclic esters (lactones) is 1. The van der Waals surface area contributed by atoms with Gasteiger partial charge in [-0.25, -0.2) is 17.6 Å². The van der Waals surface area contributed by atoms with E-state index < -0.39 is 21.9 Å². The van der Waals surface area contributed by atoms with Crippen LogP contribution in [0.15, 0.2) is 23.1 Å². The first kappa shape index (κ1) is 17.4. The van der Waals surface area contributed by atoms with Gasteiger partial charge in [0.2, 0.25) is 10.0 Å². The molecule has 1 N–H and O–H groups in total. The quantitative estimate of drug-likeness (QED) is 0.843. The minimum Gasteiger partial charge on any atom is -0.443 e. The highest BCUT2D eigenvalue weighted by Gasteiger charge is 2.32. The van der Waals surface area contributed by atoms with Gasteiger partial charge in [-0.1, -0.05) is 11.6 Å². The predicted molar refractivity (Wildman–Crippen MR) is 84.9 cm³/mol. The Morgan fingerprint density at radius 2 is 2.00 bits per heavy atom. The van der Waals surface area contributed by atoms with E-state index in [9.17, 15) is 17.6 Å². The van der Waals surface area contributed by atoms with Crippen molar-refractivity contribution in [3.05, 3.63) is 29.0 Å². The topological polar surface area (TPSA) is 79.0 Å². The number of amides is 1. The fourth-order valence-electron chi connectivity index (χ4n) is 2.80. The first-order chi connectivity index (χ1) is 11.4. The zero-order chi connectivity index (χ0) is 17.3. The molecule has 0 bridgehead atoms. The second-order valence-electron chi connectivity index (χ2n) is 5.69. The van der Waals surface area contributed by atoms with E-state index in [1.54, 1.807) is 0 Å². The second kappa shape index (κ2) is 6.83. The highest BCUT2D eigenvalue weighted by Crippen LogP contribution is 2.26. The molecule has 2 saturated heterocycles. The Bertz CT molecular complexity index is 738. The number of carbonyl (C=O) groups is 1. The summed E-state index contributed by atoms with van der Waals surface area (Å²) >= 11 is 5.88. The summed E-state index contributed by atoms with van der Waals surface area (Å²) in [7, 11) is -3.76. The number of hydrogen-bond donors (Lipinski definition) is 1. The molecule has 1 atom stereocenters. The van der Waals surface area contributed by atoms with Crippen molar-refractivity contribution in [3.63, 3.8) is 0 Å². The summed E-state index contributed by atoms with van der Waals surface area (Å²) in [6.07, 6.45) is -0.639. The number of ether oxygens (including phenoxy) is 1. The number of rotatable bonds is 4. The van der Waals surface area contributed by atoms with Crippen LogP contribution in [0.1, 0.15) is 0 Å². The fraction of sp³-hybridized carbons (Fsp3) is 0.500. The van der Waals surface area contributed by atoms with Crippen molar-refractivity contribution in [2.45, 2.75) is 11.0 Å². The molecule has 2 aliphatic rings. The van der Waals surface area contributed by atoms with Crippen molar-refractivity contribution in [3.8, 4) is 0 Å². The number of carbonyl (C=O) groups excluding carboxylic acids is 1. The van der Waals surface area contributed by atoms with E-state index in [-0.39, 0.29) is 16.0 Å². The summed E-state index contributed by atoms with van der Waals surface area (Å²) in [5.74, 6) is -0.580. The molecule has 0 saturated carbocycles. The van der Waals surface area contributed by atoms with Gasteiger partial charge in [-0.3, -0.25) is 4.90 Å². The number of sulfonamides is 1. The van der Waals surface area contributed by atoms with Gasteiger partial charge in [-0.05, 0) is 18.2 Å². The second-order valence-corrected chi connectivity index (χ2v) is 8.00. The number of hydrogen-bond acceptors (Lipinski definition) is 5. The fourth-order valence-corrected chi connectivity index (χ4v) is 4.72. The molecule has 2 aliphatic heterocycles. The molecule has 1 aromatic carbocycles. The highest BCUT2D eigenvalue weighted by molar-refractivity contribution is 7.89. The third kappa shape index (κ3) is 3.64. The SMILES string of the molecule is O=C1NCC(CN2CCN(S(=O)(=O)c3ccc(F)cc3Cl)CC2)O1. The minimum atomic E-state index is -3.76. The van der Waals surface area contributed by atoms with Gasteiger partial charge in [0.1, 0.15) is 16.8 Å². The van der Waals surface area contributed by atoms with Crippen LogP contribution in [-0.4, -0.2) is 69.1 Å². The normalized spacial score (nSPS) is 23.1. The summed E-state index contributed by atoms with van der Waals surface area (Å²) in [6.45, 7) is 2.65. The van der Waals surface area contributed by atoms with Crippen molar-refractivity contribution in [1.29, 1.82) is 0 Å². The summed E-state index contributed by atoms with van der Waals surface area (Å²) < 4.78 is 44.8. The molecule has 0 spiro atoms. The van der Waals surface area contributed by atoms with Gasteiger partial charge in [0.05, 0.1) is 11.6 Å². The Morgan fingerprint density at radius 3 is 2.58 bits per heavy atom. The zero-order valence-corrected chi connectivity index (χ0v) is 14.3. The maximum Gasteiger partial charge on any atom is 0.407 e. The van der Waals surface area contributed by atoms with Crippen molar-refractivity contribution >= 4 is 27.7 Å². The third-order valence-electron chi connectivity index (χ3n) is 4.05. The van der Waals surface area contributed by atoms with E-state index in [2.05, 4.69) is 5.32 Å². The number of piperazine rings is 1. The standard InChI is InChI=1S/C14H17ClFN3O4S/c15-12-7-10(16)1-2-13(12)24(21,22)19-5-3-18(4-6-19)9-11-8-17-14(20)23-11/h1-2,7,11H,3-6,8-9H2,(H,17,20). The molecular formula is C14H17ClFN3O4S. The highest BCUT2D eigenvalue weighted by atomic mass is 35.5. The van der Waals surface area contributed by atoms with E-state index in [0.717, 1.165) is 12.1 Å². The summed E-state index contributed by atoms with van der Waals surface area (Å²) in [4.78, 5) is 13.0. The predicted octanol–water partition coefficient (Wildman–Crippen LogP) is 0.894. The number of benzene rings is 1. The van der Waals surface area contributed by atoms with Crippen molar-refractivity contribution in [1.82, 2.24) is 14.5 Å². The molecule has 0 aliphatic carbocycles. The van der Waals surface area contributed by atoms with Crippen LogP contribution in [0.5, 0.6) is 0 Å². The average Bonchev–Trinajstić information content (AvgIpc) is 2.92. The smallest absolute Gasteiger partial charge is 0.407 e. The molecule has 2 fully saturated rings. The van der Waals surface area contributed by atoms with E-state index >= 15 is 0 Å². The number of nitrogens with zero attached hydrogens (tertiary/aromatic N) is 2. The minimum absolute atomic E-state index is 0.0899.